The number of morpholine rings is 1. The number of hydrogen-bond acceptors (Lipinski definition) is 7. The smallest absolute Gasteiger partial charge is 0.257 e. The number of rotatable bonds is 4. The number of aliphatic hydroxyl groups excluding tert-OH is 1. The Morgan fingerprint density at radius 1 is 1.43 bits per heavy atom. The summed E-state index contributed by atoms with van der Waals surface area (Å²) in [5, 5.41) is 17.4. The first-order chi connectivity index (χ1) is 10.1. The fraction of sp³-hybridized carbons (Fsp3) is 0.538. The molecule has 0 aromatic carbocycles. The Hall–Kier alpha value is -0.800. The highest BCUT2D eigenvalue weighted by atomic mass is 79.9. The molecule has 0 radical (unpaired) electrons. The molecular weight excluding hydrogens is 358 g/mol. The highest BCUT2D eigenvalue weighted by Gasteiger charge is 2.26. The molecule has 21 heavy (non-hydrogen) atoms. The highest BCUT2D eigenvalue weighted by molar-refractivity contribution is 9.11. The summed E-state index contributed by atoms with van der Waals surface area (Å²) < 4.78 is 12.4. The summed E-state index contributed by atoms with van der Waals surface area (Å²) in [6.45, 7) is 4.06. The third-order valence-electron chi connectivity index (χ3n) is 3.22. The molecule has 0 bridgehead atoms. The fourth-order valence-corrected chi connectivity index (χ4v) is 3.72. The average Bonchev–Trinajstić information content (AvgIpc) is 3.07. The van der Waals surface area contributed by atoms with Crippen molar-refractivity contribution in [3.63, 3.8) is 0 Å². The van der Waals surface area contributed by atoms with Gasteiger partial charge in [-0.2, -0.15) is 0 Å². The minimum Gasteiger partial charge on any atom is -0.419 e. The van der Waals surface area contributed by atoms with Gasteiger partial charge in [0, 0.05) is 13.1 Å². The van der Waals surface area contributed by atoms with Crippen LogP contribution < -0.4 is 0 Å². The summed E-state index contributed by atoms with van der Waals surface area (Å²) >= 11 is 4.98. The van der Waals surface area contributed by atoms with E-state index in [1.165, 1.54) is 0 Å². The normalized spacial score (nSPS) is 23.6. The molecule has 1 fully saturated rings. The van der Waals surface area contributed by atoms with Gasteiger partial charge in [-0.05, 0) is 35.0 Å². The lowest BCUT2D eigenvalue weighted by Crippen LogP contribution is -2.47. The predicted molar refractivity (Wildman–Crippen MR) is 82.0 cm³/mol. The molecule has 0 spiro atoms. The van der Waals surface area contributed by atoms with E-state index >= 15 is 0 Å². The maximum absolute atomic E-state index is 9.24. The van der Waals surface area contributed by atoms with Gasteiger partial charge in [-0.25, -0.2) is 0 Å². The van der Waals surface area contributed by atoms with Gasteiger partial charge in [-0.1, -0.05) is 0 Å². The van der Waals surface area contributed by atoms with E-state index in [1.807, 2.05) is 19.1 Å². The molecule has 6 nitrogen and oxygen atoms in total. The second kappa shape index (κ2) is 6.53. The number of aromatic nitrogens is 2. The van der Waals surface area contributed by atoms with Gasteiger partial charge in [-0.15, -0.1) is 21.5 Å². The maximum atomic E-state index is 9.24. The standard InChI is InChI=1S/C13H16BrN3O3S/c1-8-4-17(5-9(7-18)19-8)6-12-15-16-13(20-12)10-2-3-11(14)21-10/h2-3,8-9,18H,4-7H2,1H3. The second-order valence-corrected chi connectivity index (χ2v) is 7.51. The van der Waals surface area contributed by atoms with Crippen LogP contribution in [-0.4, -0.2) is 52.1 Å². The van der Waals surface area contributed by atoms with E-state index in [4.69, 9.17) is 9.15 Å². The first-order valence-electron chi connectivity index (χ1n) is 6.71. The molecule has 1 N–H and O–H groups in total. The van der Waals surface area contributed by atoms with Crippen LogP contribution in [-0.2, 0) is 11.3 Å². The summed E-state index contributed by atoms with van der Waals surface area (Å²) in [4.78, 5) is 3.11. The molecule has 2 aromatic rings. The van der Waals surface area contributed by atoms with Crippen molar-refractivity contribution in [2.75, 3.05) is 19.7 Å². The molecule has 1 aliphatic heterocycles. The Bertz CT molecular complexity index is 603. The molecule has 0 saturated carbocycles. The van der Waals surface area contributed by atoms with Gasteiger partial charge >= 0.3 is 0 Å². The largest absolute Gasteiger partial charge is 0.419 e. The Kier molecular flexibility index (Phi) is 4.70. The van der Waals surface area contributed by atoms with Crippen LogP contribution in [0.15, 0.2) is 20.3 Å². The van der Waals surface area contributed by atoms with Crippen molar-refractivity contribution < 1.29 is 14.3 Å². The first-order valence-corrected chi connectivity index (χ1v) is 8.31. The van der Waals surface area contributed by atoms with Crippen LogP contribution in [0.4, 0.5) is 0 Å². The number of nitrogens with zero attached hydrogens (tertiary/aromatic N) is 3. The van der Waals surface area contributed by atoms with Crippen molar-refractivity contribution in [1.82, 2.24) is 15.1 Å². The van der Waals surface area contributed by atoms with Crippen LogP contribution in [0.25, 0.3) is 10.8 Å². The van der Waals surface area contributed by atoms with Crippen LogP contribution in [0.2, 0.25) is 0 Å². The van der Waals surface area contributed by atoms with E-state index in [9.17, 15) is 5.11 Å². The van der Waals surface area contributed by atoms with Crippen LogP contribution >= 0.6 is 27.3 Å². The first kappa shape index (κ1) is 15.1. The van der Waals surface area contributed by atoms with Gasteiger partial charge in [-0.3, -0.25) is 4.90 Å². The van der Waals surface area contributed by atoms with Crippen LogP contribution in [0, 0.1) is 0 Å². The molecule has 3 heterocycles. The van der Waals surface area contributed by atoms with Crippen molar-refractivity contribution in [2.24, 2.45) is 0 Å². The van der Waals surface area contributed by atoms with Crippen LogP contribution in [0.3, 0.4) is 0 Å². The van der Waals surface area contributed by atoms with Crippen molar-refractivity contribution in [3.05, 3.63) is 21.8 Å². The van der Waals surface area contributed by atoms with Gasteiger partial charge < -0.3 is 14.3 Å². The minimum absolute atomic E-state index is 0.0269. The van der Waals surface area contributed by atoms with E-state index in [0.717, 1.165) is 15.2 Å². The second-order valence-electron chi connectivity index (χ2n) is 5.05. The average molecular weight is 374 g/mol. The Morgan fingerprint density at radius 2 is 2.29 bits per heavy atom. The molecule has 0 aliphatic carbocycles. The van der Waals surface area contributed by atoms with E-state index in [2.05, 4.69) is 31.0 Å². The fourth-order valence-electron chi connectivity index (χ4n) is 2.41. The van der Waals surface area contributed by atoms with Gasteiger partial charge in [0.05, 0.1) is 34.0 Å². The van der Waals surface area contributed by atoms with Crippen molar-refractivity contribution in [1.29, 1.82) is 0 Å². The molecule has 1 aliphatic rings. The van der Waals surface area contributed by atoms with Gasteiger partial charge in [0.25, 0.3) is 5.89 Å². The van der Waals surface area contributed by atoms with Crippen LogP contribution in [0.1, 0.15) is 12.8 Å². The zero-order valence-electron chi connectivity index (χ0n) is 11.5. The molecule has 8 heteroatoms. The molecule has 2 atom stereocenters. The number of thiophene rings is 1. The Labute approximate surface area is 134 Å². The molecule has 2 unspecified atom stereocenters. The molecule has 114 valence electrons. The summed E-state index contributed by atoms with van der Waals surface area (Å²) in [5.41, 5.74) is 0. The van der Waals surface area contributed by atoms with Gasteiger partial charge in [0.2, 0.25) is 5.89 Å². The number of aliphatic hydroxyl groups is 1. The Morgan fingerprint density at radius 3 is 3.00 bits per heavy atom. The maximum Gasteiger partial charge on any atom is 0.257 e. The van der Waals surface area contributed by atoms with Gasteiger partial charge in [0.1, 0.15) is 0 Å². The predicted octanol–water partition coefficient (Wildman–Crippen LogP) is 2.14. The van der Waals surface area contributed by atoms with Gasteiger partial charge in [0.15, 0.2) is 0 Å². The third-order valence-corrected chi connectivity index (χ3v) is 4.83. The quantitative estimate of drug-likeness (QED) is 0.884. The lowest BCUT2D eigenvalue weighted by Gasteiger charge is -2.35. The molecule has 0 amide bonds. The third kappa shape index (κ3) is 3.70. The number of hydrogen-bond donors (Lipinski definition) is 1. The lowest BCUT2D eigenvalue weighted by molar-refractivity contribution is -0.0985. The topological polar surface area (TPSA) is 71.6 Å². The summed E-state index contributed by atoms with van der Waals surface area (Å²) in [7, 11) is 0. The van der Waals surface area contributed by atoms with E-state index in [-0.39, 0.29) is 18.8 Å². The zero-order chi connectivity index (χ0) is 14.8. The SMILES string of the molecule is CC1CN(Cc2nnc(-c3ccc(Br)s3)o2)CC(CO)O1. The Balaban J connectivity index is 1.67. The van der Waals surface area contributed by atoms with Crippen molar-refractivity contribution in [3.8, 4) is 10.8 Å². The highest BCUT2D eigenvalue weighted by Crippen LogP contribution is 2.30. The summed E-state index contributed by atoms with van der Waals surface area (Å²) in [6.07, 6.45) is -0.0593. The molecule has 1 saturated heterocycles. The number of halogens is 1. The summed E-state index contributed by atoms with van der Waals surface area (Å²) in [6, 6.07) is 3.91. The monoisotopic (exact) mass is 373 g/mol. The zero-order valence-corrected chi connectivity index (χ0v) is 13.9. The van der Waals surface area contributed by atoms with Crippen LogP contribution in [0.5, 0.6) is 0 Å². The van der Waals surface area contributed by atoms with Crippen molar-refractivity contribution >= 4 is 27.3 Å². The molecular formula is C13H16BrN3O3S. The number of ether oxygens (including phenoxy) is 1. The van der Waals surface area contributed by atoms with E-state index < -0.39 is 0 Å². The van der Waals surface area contributed by atoms with Crippen molar-refractivity contribution in [2.45, 2.75) is 25.7 Å². The van der Waals surface area contributed by atoms with E-state index in [0.29, 0.717) is 24.9 Å². The summed E-state index contributed by atoms with van der Waals surface area (Å²) in [5.74, 6) is 1.13. The minimum atomic E-state index is -0.149. The molecule has 3 rings (SSSR count). The molecule has 2 aromatic heterocycles. The lowest BCUT2D eigenvalue weighted by atomic mass is 10.2. The van der Waals surface area contributed by atoms with E-state index in [1.54, 1.807) is 11.3 Å².